The summed E-state index contributed by atoms with van der Waals surface area (Å²) in [6.07, 6.45) is 0. The van der Waals surface area contributed by atoms with Crippen molar-refractivity contribution in [1.29, 1.82) is 5.26 Å². The van der Waals surface area contributed by atoms with Gasteiger partial charge in [0.2, 0.25) is 5.88 Å². The highest BCUT2D eigenvalue weighted by Gasteiger charge is 2.36. The number of halogens is 2. The largest absolute Gasteiger partial charge is 0.440 e. The number of aryl methyl sites for hydroxylation is 1. The highest BCUT2D eigenvalue weighted by atomic mass is 35.5. The first-order valence-electron chi connectivity index (χ1n) is 6.69. The van der Waals surface area contributed by atoms with E-state index >= 15 is 0 Å². The predicted octanol–water partition coefficient (Wildman–Crippen LogP) is 2.69. The normalized spacial score (nSPS) is 16.5. The lowest BCUT2D eigenvalue weighted by Crippen LogP contribution is -2.28. The molecule has 1 aliphatic rings. The van der Waals surface area contributed by atoms with Crippen molar-refractivity contribution in [2.45, 2.75) is 12.8 Å². The van der Waals surface area contributed by atoms with Crippen LogP contribution in [0.4, 0.5) is 4.39 Å². The van der Waals surface area contributed by atoms with Crippen molar-refractivity contribution < 1.29 is 9.13 Å². The molecule has 0 fully saturated rings. The number of hydrogen-bond acceptors (Lipinski definition) is 4. The van der Waals surface area contributed by atoms with Crippen molar-refractivity contribution in [2.75, 3.05) is 0 Å². The lowest BCUT2D eigenvalue weighted by molar-refractivity contribution is 0.390. The molecule has 7 heteroatoms. The molecule has 23 heavy (non-hydrogen) atoms. The summed E-state index contributed by atoms with van der Waals surface area (Å²) < 4.78 is 19.7. The van der Waals surface area contributed by atoms with Crippen LogP contribution in [0, 0.1) is 24.1 Å². The summed E-state index contributed by atoms with van der Waals surface area (Å²) in [5, 5.41) is 9.50. The lowest BCUT2D eigenvalue weighted by Gasteiger charge is -2.26. The van der Waals surface area contributed by atoms with Crippen LogP contribution in [-0.2, 0) is 0 Å². The number of ether oxygens (including phenoxy) is 1. The molecule has 1 aromatic carbocycles. The van der Waals surface area contributed by atoms with Gasteiger partial charge in [-0.3, -0.25) is 4.79 Å². The first-order chi connectivity index (χ1) is 10.9. The summed E-state index contributed by atoms with van der Waals surface area (Å²) in [5.74, 6) is -1.64. The molecule has 1 atom stereocenters. The van der Waals surface area contributed by atoms with Gasteiger partial charge in [-0.25, -0.2) is 4.39 Å². The summed E-state index contributed by atoms with van der Waals surface area (Å²) in [6, 6.07) is 7.61. The zero-order valence-electron chi connectivity index (χ0n) is 12.0. The van der Waals surface area contributed by atoms with Crippen LogP contribution in [0.25, 0.3) is 0 Å². The zero-order chi connectivity index (χ0) is 16.7. The quantitative estimate of drug-likeness (QED) is 0.840. The molecule has 3 rings (SSSR count). The van der Waals surface area contributed by atoms with E-state index < -0.39 is 17.3 Å². The number of nitrogens with zero attached hydrogens (tertiary/aromatic N) is 1. The minimum absolute atomic E-state index is 0.0209. The van der Waals surface area contributed by atoms with Crippen LogP contribution in [0.5, 0.6) is 5.75 Å². The smallest absolute Gasteiger partial charge is 0.256 e. The van der Waals surface area contributed by atoms with Crippen molar-refractivity contribution in [3.8, 4) is 11.8 Å². The van der Waals surface area contributed by atoms with Gasteiger partial charge in [0.15, 0.2) is 0 Å². The molecule has 0 bridgehead atoms. The predicted molar refractivity (Wildman–Crippen MR) is 82.5 cm³/mol. The number of aromatic amines is 1. The Balaban J connectivity index is 2.40. The Morgan fingerprint density at radius 1 is 1.43 bits per heavy atom. The first-order valence-corrected chi connectivity index (χ1v) is 7.07. The van der Waals surface area contributed by atoms with Gasteiger partial charge in [0.25, 0.3) is 5.56 Å². The van der Waals surface area contributed by atoms with Crippen molar-refractivity contribution >= 4 is 11.6 Å². The Hall–Kier alpha value is -2.78. The number of fused-ring (bicyclic) bond motifs is 1. The summed E-state index contributed by atoms with van der Waals surface area (Å²) in [5.41, 5.74) is 5.93. The highest BCUT2D eigenvalue weighted by molar-refractivity contribution is 6.31. The van der Waals surface area contributed by atoms with E-state index in [1.807, 2.05) is 6.07 Å². The van der Waals surface area contributed by atoms with Crippen molar-refractivity contribution in [3.05, 3.63) is 73.7 Å². The number of rotatable bonds is 1. The number of allylic oxidation sites excluding steroid dienone is 1. The van der Waals surface area contributed by atoms with Crippen LogP contribution in [0.1, 0.15) is 22.7 Å². The van der Waals surface area contributed by atoms with Crippen LogP contribution in [0.2, 0.25) is 5.02 Å². The number of nitrogens with two attached hydrogens (primary N) is 1. The first kappa shape index (κ1) is 15.1. The van der Waals surface area contributed by atoms with Crippen molar-refractivity contribution in [3.63, 3.8) is 0 Å². The number of benzene rings is 1. The molecule has 0 aliphatic carbocycles. The van der Waals surface area contributed by atoms with Gasteiger partial charge in [-0.2, -0.15) is 5.26 Å². The molecule has 0 amide bonds. The Morgan fingerprint density at radius 2 is 2.17 bits per heavy atom. The fourth-order valence-corrected chi connectivity index (χ4v) is 2.95. The van der Waals surface area contributed by atoms with E-state index in [0.29, 0.717) is 5.69 Å². The maximum Gasteiger partial charge on any atom is 0.256 e. The Kier molecular flexibility index (Phi) is 3.58. The van der Waals surface area contributed by atoms with Crippen molar-refractivity contribution in [2.24, 2.45) is 5.73 Å². The number of nitrogens with one attached hydrogen (secondary N) is 1. The van der Waals surface area contributed by atoms with Gasteiger partial charge in [-0.15, -0.1) is 0 Å². The average Bonchev–Trinajstić information content (AvgIpc) is 2.46. The van der Waals surface area contributed by atoms with Gasteiger partial charge in [0.05, 0.1) is 11.5 Å². The standard InChI is InChI=1S/C16H11ClFN3O2/c1-7-5-11-14(16(22)21-7)12(8(6-19)15(20)23-11)13-9(17)3-2-4-10(13)18/h2-5,12H,20H2,1H3,(H,21,22)/t12-/m1/s1. The average molecular weight is 332 g/mol. The van der Waals surface area contributed by atoms with Crippen molar-refractivity contribution in [1.82, 2.24) is 4.98 Å². The van der Waals surface area contributed by atoms with Gasteiger partial charge in [-0.05, 0) is 19.1 Å². The van der Waals surface area contributed by atoms with Gasteiger partial charge < -0.3 is 15.5 Å². The van der Waals surface area contributed by atoms with Gasteiger partial charge in [0, 0.05) is 22.3 Å². The lowest BCUT2D eigenvalue weighted by atomic mass is 9.83. The molecule has 0 saturated carbocycles. The van der Waals surface area contributed by atoms with Crippen LogP contribution < -0.4 is 16.0 Å². The Bertz CT molecular complexity index is 923. The maximum atomic E-state index is 14.4. The molecule has 3 N–H and O–H groups in total. The molecule has 2 heterocycles. The van der Waals surface area contributed by atoms with E-state index in [1.54, 1.807) is 13.0 Å². The number of H-pyrrole nitrogens is 1. The molecular weight excluding hydrogens is 321 g/mol. The van der Waals surface area contributed by atoms with Gasteiger partial charge >= 0.3 is 0 Å². The zero-order valence-corrected chi connectivity index (χ0v) is 12.7. The number of nitriles is 1. The minimum atomic E-state index is -1.03. The third-order valence-corrected chi connectivity index (χ3v) is 3.97. The van der Waals surface area contributed by atoms with Gasteiger partial charge in [-0.1, -0.05) is 17.7 Å². The fourth-order valence-electron chi connectivity index (χ4n) is 2.68. The molecule has 0 spiro atoms. The van der Waals surface area contributed by atoms with E-state index in [1.165, 1.54) is 18.2 Å². The third-order valence-electron chi connectivity index (χ3n) is 3.64. The molecule has 0 radical (unpaired) electrons. The summed E-state index contributed by atoms with van der Waals surface area (Å²) >= 11 is 6.12. The van der Waals surface area contributed by atoms with Crippen LogP contribution in [0.3, 0.4) is 0 Å². The minimum Gasteiger partial charge on any atom is -0.440 e. The molecule has 2 aromatic rings. The molecule has 116 valence electrons. The summed E-state index contributed by atoms with van der Waals surface area (Å²) in [4.78, 5) is 15.0. The second-order valence-corrected chi connectivity index (χ2v) is 5.53. The number of aromatic nitrogens is 1. The molecule has 1 aromatic heterocycles. The highest BCUT2D eigenvalue weighted by Crippen LogP contribution is 2.43. The molecule has 5 nitrogen and oxygen atoms in total. The second kappa shape index (κ2) is 5.45. The number of hydrogen-bond donors (Lipinski definition) is 2. The van der Waals surface area contributed by atoms with Gasteiger partial charge in [0.1, 0.15) is 23.2 Å². The monoisotopic (exact) mass is 331 g/mol. The maximum absolute atomic E-state index is 14.4. The van der Waals surface area contributed by atoms with E-state index in [9.17, 15) is 14.4 Å². The molecule has 0 unspecified atom stereocenters. The second-order valence-electron chi connectivity index (χ2n) is 5.12. The molecular formula is C16H11ClFN3O2. The van der Waals surface area contributed by atoms with Crippen LogP contribution in [0.15, 0.2) is 40.5 Å². The molecule has 1 aliphatic heterocycles. The van der Waals surface area contributed by atoms with Crippen LogP contribution in [-0.4, -0.2) is 4.98 Å². The summed E-state index contributed by atoms with van der Waals surface area (Å²) in [6.45, 7) is 1.68. The van der Waals surface area contributed by atoms with E-state index in [-0.39, 0.29) is 33.4 Å². The van der Waals surface area contributed by atoms with E-state index in [0.717, 1.165) is 0 Å². The van der Waals surface area contributed by atoms with E-state index in [4.69, 9.17) is 22.1 Å². The summed E-state index contributed by atoms with van der Waals surface area (Å²) in [7, 11) is 0. The molecule has 0 saturated heterocycles. The number of pyridine rings is 1. The Morgan fingerprint density at radius 3 is 2.83 bits per heavy atom. The van der Waals surface area contributed by atoms with E-state index in [2.05, 4.69) is 4.98 Å². The SMILES string of the molecule is Cc1cc2c(c(=O)[nH]1)[C@@H](c1c(F)cccc1Cl)C(C#N)=C(N)O2. The van der Waals surface area contributed by atoms with Crippen LogP contribution >= 0.6 is 11.6 Å². The third kappa shape index (κ3) is 2.35. The topological polar surface area (TPSA) is 91.9 Å². The fraction of sp³-hybridized carbons (Fsp3) is 0.125. The Labute approximate surface area is 135 Å².